The van der Waals surface area contributed by atoms with Crippen LogP contribution in [0.3, 0.4) is 0 Å². The predicted octanol–water partition coefficient (Wildman–Crippen LogP) is 3.90. The fourth-order valence-electron chi connectivity index (χ4n) is 2.07. The summed E-state index contributed by atoms with van der Waals surface area (Å²) < 4.78 is 13.1. The SMILES string of the molecule is CCN(C(=O)Nc1cccc(F)c1)c1cc(O)ccc1C. The Kier molecular flexibility index (Phi) is 4.42. The summed E-state index contributed by atoms with van der Waals surface area (Å²) in [5, 5.41) is 12.2. The number of anilines is 2. The molecule has 0 aliphatic rings. The van der Waals surface area contributed by atoms with Gasteiger partial charge in [-0.25, -0.2) is 9.18 Å². The Bertz CT molecular complexity index is 658. The van der Waals surface area contributed by atoms with Crippen LogP contribution in [0.2, 0.25) is 0 Å². The van der Waals surface area contributed by atoms with Gasteiger partial charge >= 0.3 is 6.03 Å². The van der Waals surface area contributed by atoms with Crippen LogP contribution in [0.25, 0.3) is 0 Å². The molecule has 21 heavy (non-hydrogen) atoms. The number of rotatable bonds is 3. The molecule has 0 fully saturated rings. The number of nitrogens with zero attached hydrogens (tertiary/aromatic N) is 1. The first-order chi connectivity index (χ1) is 10.0. The third-order valence-corrected chi connectivity index (χ3v) is 3.12. The molecule has 2 rings (SSSR count). The van der Waals surface area contributed by atoms with Crippen molar-refractivity contribution in [2.45, 2.75) is 13.8 Å². The monoisotopic (exact) mass is 288 g/mol. The highest BCUT2D eigenvalue weighted by molar-refractivity contribution is 6.02. The van der Waals surface area contributed by atoms with Gasteiger partial charge < -0.3 is 10.4 Å². The van der Waals surface area contributed by atoms with Gasteiger partial charge in [0, 0.05) is 18.3 Å². The number of halogens is 1. The summed E-state index contributed by atoms with van der Waals surface area (Å²) in [6.45, 7) is 4.10. The van der Waals surface area contributed by atoms with Crippen LogP contribution >= 0.6 is 0 Å². The Morgan fingerprint density at radius 3 is 2.71 bits per heavy atom. The lowest BCUT2D eigenvalue weighted by molar-refractivity contribution is 0.257. The summed E-state index contributed by atoms with van der Waals surface area (Å²) in [6, 6.07) is 10.2. The van der Waals surface area contributed by atoms with Crippen LogP contribution in [0.1, 0.15) is 12.5 Å². The van der Waals surface area contributed by atoms with Gasteiger partial charge in [0.25, 0.3) is 0 Å². The molecule has 0 heterocycles. The summed E-state index contributed by atoms with van der Waals surface area (Å²) in [5.41, 5.74) is 1.87. The summed E-state index contributed by atoms with van der Waals surface area (Å²) >= 11 is 0. The predicted molar refractivity (Wildman–Crippen MR) is 81.3 cm³/mol. The number of phenolic OH excluding ortho intramolecular Hbond substituents is 1. The van der Waals surface area contributed by atoms with E-state index in [9.17, 15) is 14.3 Å². The number of urea groups is 1. The van der Waals surface area contributed by atoms with E-state index in [1.807, 2.05) is 13.8 Å². The van der Waals surface area contributed by atoms with Crippen molar-refractivity contribution in [2.24, 2.45) is 0 Å². The molecule has 0 aromatic heterocycles. The molecule has 0 aliphatic carbocycles. The zero-order chi connectivity index (χ0) is 15.4. The fourth-order valence-corrected chi connectivity index (χ4v) is 2.07. The van der Waals surface area contributed by atoms with E-state index in [1.54, 1.807) is 18.2 Å². The maximum absolute atomic E-state index is 13.1. The molecule has 0 saturated carbocycles. The van der Waals surface area contributed by atoms with Crippen molar-refractivity contribution in [1.29, 1.82) is 0 Å². The zero-order valence-corrected chi connectivity index (χ0v) is 11.9. The molecule has 0 aliphatic heterocycles. The maximum atomic E-state index is 13.1. The Balaban J connectivity index is 2.24. The highest BCUT2D eigenvalue weighted by atomic mass is 19.1. The number of aryl methyl sites for hydroxylation is 1. The molecule has 0 spiro atoms. The van der Waals surface area contributed by atoms with Crippen molar-refractivity contribution < 1.29 is 14.3 Å². The number of carbonyl (C=O) groups excluding carboxylic acids is 1. The quantitative estimate of drug-likeness (QED) is 0.900. The van der Waals surface area contributed by atoms with Crippen molar-refractivity contribution in [3.05, 3.63) is 53.8 Å². The van der Waals surface area contributed by atoms with E-state index in [0.29, 0.717) is 17.9 Å². The summed E-state index contributed by atoms with van der Waals surface area (Å²) in [7, 11) is 0. The molecule has 0 bridgehead atoms. The zero-order valence-electron chi connectivity index (χ0n) is 11.9. The molecular weight excluding hydrogens is 271 g/mol. The molecule has 110 valence electrons. The lowest BCUT2D eigenvalue weighted by atomic mass is 10.1. The number of hydrogen-bond acceptors (Lipinski definition) is 2. The normalized spacial score (nSPS) is 10.2. The van der Waals surface area contributed by atoms with Gasteiger partial charge in [-0.1, -0.05) is 12.1 Å². The van der Waals surface area contributed by atoms with Crippen LogP contribution < -0.4 is 10.2 Å². The molecule has 0 saturated heterocycles. The maximum Gasteiger partial charge on any atom is 0.326 e. The average molecular weight is 288 g/mol. The number of benzene rings is 2. The minimum Gasteiger partial charge on any atom is -0.508 e. The van der Waals surface area contributed by atoms with Gasteiger partial charge in [-0.15, -0.1) is 0 Å². The van der Waals surface area contributed by atoms with Crippen LogP contribution in [0.4, 0.5) is 20.6 Å². The van der Waals surface area contributed by atoms with Gasteiger partial charge in [0.05, 0.1) is 5.69 Å². The van der Waals surface area contributed by atoms with Crippen molar-refractivity contribution in [2.75, 3.05) is 16.8 Å². The second-order valence-corrected chi connectivity index (χ2v) is 4.66. The van der Waals surface area contributed by atoms with Gasteiger partial charge in [0.2, 0.25) is 0 Å². The standard InChI is InChI=1S/C16H17FN2O2/c1-3-19(15-10-14(20)8-7-11(15)2)16(21)18-13-6-4-5-12(17)9-13/h4-10,20H,3H2,1-2H3,(H,18,21). The molecule has 0 radical (unpaired) electrons. The summed E-state index contributed by atoms with van der Waals surface area (Å²) in [6.07, 6.45) is 0. The molecule has 2 aromatic rings. The van der Waals surface area contributed by atoms with Crippen LogP contribution in [0.5, 0.6) is 5.75 Å². The number of amides is 2. The highest BCUT2D eigenvalue weighted by Crippen LogP contribution is 2.25. The number of phenols is 1. The first-order valence-electron chi connectivity index (χ1n) is 6.65. The van der Waals surface area contributed by atoms with E-state index in [-0.39, 0.29) is 11.8 Å². The van der Waals surface area contributed by atoms with Gasteiger partial charge in [-0.2, -0.15) is 0 Å². The smallest absolute Gasteiger partial charge is 0.326 e. The van der Waals surface area contributed by atoms with Gasteiger partial charge in [-0.3, -0.25) is 4.90 Å². The summed E-state index contributed by atoms with van der Waals surface area (Å²) in [4.78, 5) is 13.8. The van der Waals surface area contributed by atoms with Crippen LogP contribution in [-0.2, 0) is 0 Å². The van der Waals surface area contributed by atoms with Gasteiger partial charge in [0.15, 0.2) is 0 Å². The van der Waals surface area contributed by atoms with E-state index < -0.39 is 5.82 Å². The molecule has 2 N–H and O–H groups in total. The van der Waals surface area contributed by atoms with Gasteiger partial charge in [-0.05, 0) is 43.7 Å². The molecule has 0 unspecified atom stereocenters. The topological polar surface area (TPSA) is 52.6 Å². The van der Waals surface area contributed by atoms with Crippen molar-refractivity contribution in [3.8, 4) is 5.75 Å². The van der Waals surface area contributed by atoms with Crippen molar-refractivity contribution >= 4 is 17.4 Å². The second-order valence-electron chi connectivity index (χ2n) is 4.66. The average Bonchev–Trinajstić information content (AvgIpc) is 2.43. The fraction of sp³-hybridized carbons (Fsp3) is 0.188. The Morgan fingerprint density at radius 2 is 2.05 bits per heavy atom. The Labute approximate surface area is 122 Å². The number of hydrogen-bond donors (Lipinski definition) is 2. The van der Waals surface area contributed by atoms with Crippen LogP contribution in [0.15, 0.2) is 42.5 Å². The van der Waals surface area contributed by atoms with Crippen molar-refractivity contribution in [1.82, 2.24) is 0 Å². The number of aromatic hydroxyl groups is 1. The van der Waals surface area contributed by atoms with Crippen LogP contribution in [-0.4, -0.2) is 17.7 Å². The highest BCUT2D eigenvalue weighted by Gasteiger charge is 2.16. The van der Waals surface area contributed by atoms with Gasteiger partial charge in [0.1, 0.15) is 11.6 Å². The van der Waals surface area contributed by atoms with E-state index in [1.165, 1.54) is 29.2 Å². The first-order valence-corrected chi connectivity index (χ1v) is 6.65. The van der Waals surface area contributed by atoms with E-state index >= 15 is 0 Å². The van der Waals surface area contributed by atoms with Crippen LogP contribution in [0, 0.1) is 12.7 Å². The third kappa shape index (κ3) is 3.51. The number of nitrogens with one attached hydrogen (secondary N) is 1. The minimum absolute atomic E-state index is 0.0904. The third-order valence-electron chi connectivity index (χ3n) is 3.12. The van der Waals surface area contributed by atoms with Crippen molar-refractivity contribution in [3.63, 3.8) is 0 Å². The first kappa shape index (κ1) is 14.8. The van der Waals surface area contributed by atoms with E-state index in [2.05, 4.69) is 5.32 Å². The molecule has 4 nitrogen and oxygen atoms in total. The number of carbonyl (C=O) groups is 1. The molecule has 5 heteroatoms. The largest absolute Gasteiger partial charge is 0.508 e. The molecule has 2 amide bonds. The Hall–Kier alpha value is -2.56. The molecule has 0 atom stereocenters. The molecule has 2 aromatic carbocycles. The molecular formula is C16H17FN2O2. The lowest BCUT2D eigenvalue weighted by Crippen LogP contribution is -2.35. The van der Waals surface area contributed by atoms with E-state index in [0.717, 1.165) is 5.56 Å². The minimum atomic E-state index is -0.413. The Morgan fingerprint density at radius 1 is 1.29 bits per heavy atom. The van der Waals surface area contributed by atoms with E-state index in [4.69, 9.17) is 0 Å². The summed E-state index contributed by atoms with van der Waals surface area (Å²) in [5.74, 6) is -0.322. The second kappa shape index (κ2) is 6.26. The lowest BCUT2D eigenvalue weighted by Gasteiger charge is -2.23.